The van der Waals surface area contributed by atoms with Crippen molar-refractivity contribution in [2.45, 2.75) is 38.4 Å². The molecule has 4 unspecified atom stereocenters. The van der Waals surface area contributed by atoms with E-state index in [1.807, 2.05) is 0 Å². The highest BCUT2D eigenvalue weighted by atomic mass is 16.5. The number of carbonyl (C=O) groups excluding carboxylic acids is 3. The monoisotopic (exact) mass is 372 g/mol. The molecule has 1 aromatic carbocycles. The number of rotatable bonds is 2. The van der Waals surface area contributed by atoms with Crippen LogP contribution in [0.2, 0.25) is 0 Å². The Balaban J connectivity index is 2.02. The number of aromatic hydroxyl groups is 1. The van der Waals surface area contributed by atoms with Crippen molar-refractivity contribution >= 4 is 17.5 Å². The Morgan fingerprint density at radius 1 is 1.37 bits per heavy atom. The number of ether oxygens (including phenoxy) is 2. The Morgan fingerprint density at radius 3 is 2.74 bits per heavy atom. The molecule has 0 aromatic heterocycles. The van der Waals surface area contributed by atoms with E-state index in [0.717, 1.165) is 0 Å². The molecule has 1 aliphatic heterocycles. The van der Waals surface area contributed by atoms with Gasteiger partial charge in [0.2, 0.25) is 0 Å². The lowest BCUT2D eigenvalue weighted by Gasteiger charge is -2.53. The summed E-state index contributed by atoms with van der Waals surface area (Å²) in [5.41, 5.74) is -5.28. The van der Waals surface area contributed by atoms with Crippen molar-refractivity contribution in [2.75, 3.05) is 6.61 Å². The van der Waals surface area contributed by atoms with Crippen LogP contribution in [0.25, 0.3) is 0 Å². The summed E-state index contributed by atoms with van der Waals surface area (Å²) in [5, 5.41) is 21.9. The van der Waals surface area contributed by atoms with Crippen molar-refractivity contribution in [3.63, 3.8) is 0 Å². The lowest BCUT2D eigenvalue weighted by atomic mass is 9.58. The van der Waals surface area contributed by atoms with Gasteiger partial charge in [-0.05, 0) is 51.0 Å². The van der Waals surface area contributed by atoms with Gasteiger partial charge < -0.3 is 19.7 Å². The second-order valence-electron chi connectivity index (χ2n) is 7.49. The minimum Gasteiger partial charge on any atom is -0.507 e. The number of hydrogen-bond acceptors (Lipinski definition) is 7. The van der Waals surface area contributed by atoms with E-state index in [4.69, 9.17) is 9.47 Å². The third-order valence-electron chi connectivity index (χ3n) is 6.43. The summed E-state index contributed by atoms with van der Waals surface area (Å²) in [6.07, 6.45) is 0.950. The maximum absolute atomic E-state index is 13.5. The number of phenols is 1. The zero-order valence-corrected chi connectivity index (χ0v) is 15.2. The molecule has 27 heavy (non-hydrogen) atoms. The summed E-state index contributed by atoms with van der Waals surface area (Å²) in [7, 11) is 0. The number of benzene rings is 1. The standard InChI is InChI=1S/C20H20O7/c1-4-26-17(24)11-9-19-14(22)8-10(2)20(11,25)18(19,3)27-13-7-5-6-12(21)15(13)16(19)23/h5-8,11,21,25H,4,9H2,1-3H3. The highest BCUT2D eigenvalue weighted by Crippen LogP contribution is 2.66. The highest BCUT2D eigenvalue weighted by molar-refractivity contribution is 6.23. The fraction of sp³-hybridized carbons (Fsp3) is 0.450. The highest BCUT2D eigenvalue weighted by Gasteiger charge is 2.82. The van der Waals surface area contributed by atoms with Crippen molar-refractivity contribution in [1.29, 1.82) is 0 Å². The van der Waals surface area contributed by atoms with E-state index < -0.39 is 40.1 Å². The number of esters is 1. The van der Waals surface area contributed by atoms with Crippen LogP contribution in [0.1, 0.15) is 37.6 Å². The molecule has 1 saturated carbocycles. The summed E-state index contributed by atoms with van der Waals surface area (Å²) in [6.45, 7) is 4.75. The van der Waals surface area contributed by atoms with Crippen molar-refractivity contribution in [3.8, 4) is 11.5 Å². The average Bonchev–Trinajstić information content (AvgIpc) is 2.76. The largest absolute Gasteiger partial charge is 0.507 e. The van der Waals surface area contributed by atoms with Crippen LogP contribution in [0.15, 0.2) is 29.8 Å². The summed E-state index contributed by atoms with van der Waals surface area (Å²) in [5.74, 6) is -3.27. The van der Waals surface area contributed by atoms with Crippen LogP contribution in [0.4, 0.5) is 0 Å². The van der Waals surface area contributed by atoms with E-state index in [0.29, 0.717) is 0 Å². The van der Waals surface area contributed by atoms with Crippen LogP contribution in [-0.2, 0) is 14.3 Å². The molecule has 0 saturated heterocycles. The van der Waals surface area contributed by atoms with E-state index in [2.05, 4.69) is 0 Å². The number of allylic oxidation sites excluding steroid dienone is 1. The Labute approximate surface area is 155 Å². The maximum atomic E-state index is 13.5. The number of carbonyl (C=O) groups is 3. The number of aliphatic hydroxyl groups is 1. The number of fused-ring (bicyclic) bond motifs is 1. The van der Waals surface area contributed by atoms with Gasteiger partial charge in [0.25, 0.3) is 0 Å². The molecule has 1 heterocycles. The number of ketones is 2. The van der Waals surface area contributed by atoms with Crippen LogP contribution in [0.3, 0.4) is 0 Å². The SMILES string of the molecule is CCOC(=O)C1CC23C(=O)C=C(C)C1(O)C2(C)Oc1cccc(O)c1C3=O. The Morgan fingerprint density at radius 2 is 2.07 bits per heavy atom. The molecule has 4 atom stereocenters. The average molecular weight is 372 g/mol. The number of hydrogen-bond donors (Lipinski definition) is 2. The molecule has 2 aliphatic carbocycles. The summed E-state index contributed by atoms with van der Waals surface area (Å²) in [6, 6.07) is 4.33. The first kappa shape index (κ1) is 17.7. The second kappa shape index (κ2) is 5.19. The second-order valence-corrected chi connectivity index (χ2v) is 7.49. The van der Waals surface area contributed by atoms with Crippen molar-refractivity contribution in [3.05, 3.63) is 35.4 Å². The van der Waals surface area contributed by atoms with Gasteiger partial charge in [-0.15, -0.1) is 0 Å². The van der Waals surface area contributed by atoms with Gasteiger partial charge in [-0.1, -0.05) is 6.07 Å². The predicted molar refractivity (Wildman–Crippen MR) is 92.4 cm³/mol. The first-order valence-electron chi connectivity index (χ1n) is 8.83. The molecule has 142 valence electrons. The zero-order valence-electron chi connectivity index (χ0n) is 15.2. The molecule has 7 nitrogen and oxygen atoms in total. The third-order valence-corrected chi connectivity index (χ3v) is 6.43. The predicted octanol–water partition coefficient (Wildman–Crippen LogP) is 1.56. The molecule has 7 heteroatoms. The quantitative estimate of drug-likeness (QED) is 0.599. The van der Waals surface area contributed by atoms with E-state index in [1.54, 1.807) is 6.92 Å². The lowest BCUT2D eigenvalue weighted by Crippen LogP contribution is -2.70. The van der Waals surface area contributed by atoms with Crippen LogP contribution in [-0.4, -0.2) is 45.6 Å². The molecule has 2 N–H and O–H groups in total. The number of phenolic OH excluding ortho intramolecular Hbond substituents is 1. The molecule has 2 bridgehead atoms. The molecule has 4 rings (SSSR count). The third kappa shape index (κ3) is 1.73. The summed E-state index contributed by atoms with van der Waals surface area (Å²) in [4.78, 5) is 39.2. The van der Waals surface area contributed by atoms with Crippen LogP contribution >= 0.6 is 0 Å². The van der Waals surface area contributed by atoms with Gasteiger partial charge in [0.15, 0.2) is 17.2 Å². The fourth-order valence-corrected chi connectivity index (χ4v) is 5.07. The van der Waals surface area contributed by atoms with Crippen molar-refractivity contribution in [1.82, 2.24) is 0 Å². The van der Waals surface area contributed by atoms with Crippen LogP contribution < -0.4 is 4.74 Å². The first-order valence-corrected chi connectivity index (χ1v) is 8.83. The minimum atomic E-state index is -1.90. The molecule has 0 spiro atoms. The summed E-state index contributed by atoms with van der Waals surface area (Å²) >= 11 is 0. The van der Waals surface area contributed by atoms with E-state index >= 15 is 0 Å². The van der Waals surface area contributed by atoms with Gasteiger partial charge in [0, 0.05) is 0 Å². The molecule has 0 radical (unpaired) electrons. The molecule has 3 aliphatic rings. The normalized spacial score (nSPS) is 36.4. The Bertz CT molecular complexity index is 932. The molecule has 1 fully saturated rings. The van der Waals surface area contributed by atoms with Gasteiger partial charge >= 0.3 is 5.97 Å². The lowest BCUT2D eigenvalue weighted by molar-refractivity contribution is -0.172. The van der Waals surface area contributed by atoms with Crippen LogP contribution in [0, 0.1) is 11.3 Å². The van der Waals surface area contributed by atoms with Gasteiger partial charge in [0.05, 0.1) is 12.5 Å². The Kier molecular flexibility index (Phi) is 3.41. The topological polar surface area (TPSA) is 110 Å². The first-order chi connectivity index (χ1) is 12.6. The maximum Gasteiger partial charge on any atom is 0.312 e. The van der Waals surface area contributed by atoms with Gasteiger partial charge in [-0.25, -0.2) is 0 Å². The smallest absolute Gasteiger partial charge is 0.312 e. The molecule has 0 amide bonds. The fourth-order valence-electron chi connectivity index (χ4n) is 5.07. The Hall–Kier alpha value is -2.67. The molecule has 1 aromatic rings. The minimum absolute atomic E-state index is 0.0727. The van der Waals surface area contributed by atoms with E-state index in [-0.39, 0.29) is 35.7 Å². The van der Waals surface area contributed by atoms with E-state index in [1.165, 1.54) is 38.1 Å². The molecular weight excluding hydrogens is 352 g/mol. The van der Waals surface area contributed by atoms with E-state index in [9.17, 15) is 24.6 Å². The summed E-state index contributed by atoms with van der Waals surface area (Å²) < 4.78 is 11.2. The van der Waals surface area contributed by atoms with Gasteiger partial charge in [0.1, 0.15) is 28.1 Å². The molecular formula is C20H20O7. The number of Topliss-reactive ketones (excluding diaryl/α,β-unsaturated/α-hetero) is 1. The van der Waals surface area contributed by atoms with Crippen molar-refractivity contribution in [2.24, 2.45) is 11.3 Å². The van der Waals surface area contributed by atoms with Gasteiger partial charge in [-0.3, -0.25) is 14.4 Å². The zero-order chi connectivity index (χ0) is 19.8. The van der Waals surface area contributed by atoms with Crippen LogP contribution in [0.5, 0.6) is 11.5 Å². The van der Waals surface area contributed by atoms with Crippen molar-refractivity contribution < 1.29 is 34.1 Å². The van der Waals surface area contributed by atoms with Gasteiger partial charge in [-0.2, -0.15) is 0 Å².